The van der Waals surface area contributed by atoms with E-state index in [2.05, 4.69) is 0 Å². The molecule has 1 saturated carbocycles. The zero-order valence-electron chi connectivity index (χ0n) is 14.8. The van der Waals surface area contributed by atoms with Crippen LogP contribution >= 0.6 is 0 Å². The lowest BCUT2D eigenvalue weighted by atomic mass is 9.59. The van der Waals surface area contributed by atoms with Crippen LogP contribution in [-0.4, -0.2) is 43.6 Å². The summed E-state index contributed by atoms with van der Waals surface area (Å²) in [5, 5.41) is 0. The molecule has 0 aromatic carbocycles. The van der Waals surface area contributed by atoms with Crippen LogP contribution in [0.25, 0.3) is 0 Å². The fourth-order valence-corrected chi connectivity index (χ4v) is 3.73. The Morgan fingerprint density at radius 2 is 2.04 bits per heavy atom. The molecule has 3 aliphatic carbocycles. The van der Waals surface area contributed by atoms with E-state index in [1.807, 2.05) is 0 Å². The normalized spacial score (nSPS) is 29.3. The van der Waals surface area contributed by atoms with Crippen LogP contribution < -0.4 is 0 Å². The number of methoxy groups -OCH3 is 2. The largest absolute Gasteiger partial charge is 0.461 e. The summed E-state index contributed by atoms with van der Waals surface area (Å²) < 4.78 is 21.3. The molecule has 4 rings (SSSR count). The maximum Gasteiger partial charge on any atom is 0.302 e. The Morgan fingerprint density at radius 3 is 2.62 bits per heavy atom. The van der Waals surface area contributed by atoms with Crippen molar-refractivity contribution in [3.63, 3.8) is 0 Å². The van der Waals surface area contributed by atoms with Gasteiger partial charge in [-0.15, -0.1) is 0 Å². The number of carbonyl (C=O) groups excluding carboxylic acids is 3. The highest BCUT2D eigenvalue weighted by atomic mass is 16.7. The number of fused-ring (bicyclic) bond motifs is 2. The number of Topliss-reactive ketones (excluding diaryl/α,β-unsaturated/α-hetero) is 1. The SMILES string of the molecule is COC1(OC)C(=O)[C@]2(/C=C/C(=O)c3ccco3)C=C[C@H]1C[C@H]2OC(C)=O. The van der Waals surface area contributed by atoms with E-state index in [1.54, 1.807) is 18.2 Å². The highest BCUT2D eigenvalue weighted by molar-refractivity contribution is 6.04. The summed E-state index contributed by atoms with van der Waals surface area (Å²) >= 11 is 0. The van der Waals surface area contributed by atoms with Crippen LogP contribution in [0.15, 0.2) is 47.1 Å². The highest BCUT2D eigenvalue weighted by Crippen LogP contribution is 2.52. The number of allylic oxidation sites excluding steroid dienone is 1. The third-order valence-corrected chi connectivity index (χ3v) is 4.99. The average molecular weight is 360 g/mol. The molecule has 3 atom stereocenters. The molecule has 0 unspecified atom stereocenters. The van der Waals surface area contributed by atoms with Crippen molar-refractivity contribution in [3.8, 4) is 0 Å². The van der Waals surface area contributed by atoms with Crippen molar-refractivity contribution in [2.24, 2.45) is 11.3 Å². The second-order valence-electron chi connectivity index (χ2n) is 6.31. The van der Waals surface area contributed by atoms with Gasteiger partial charge in [0.15, 0.2) is 5.76 Å². The standard InChI is InChI=1S/C19H20O7/c1-12(20)26-16-11-13-6-8-18(16,17(22)19(13,23-2)24-3)9-7-14(21)15-5-4-10-25-15/h4-10,13,16H,11H2,1-3H3/b9-7+/t13-,16+,18-/m0/s1. The van der Waals surface area contributed by atoms with Gasteiger partial charge >= 0.3 is 5.97 Å². The molecule has 0 aliphatic heterocycles. The molecule has 2 bridgehead atoms. The second-order valence-corrected chi connectivity index (χ2v) is 6.31. The molecule has 3 aliphatic rings. The Morgan fingerprint density at radius 1 is 1.31 bits per heavy atom. The van der Waals surface area contributed by atoms with Gasteiger partial charge in [-0.3, -0.25) is 14.4 Å². The van der Waals surface area contributed by atoms with Crippen molar-refractivity contribution in [1.82, 2.24) is 0 Å². The van der Waals surface area contributed by atoms with Gasteiger partial charge in [-0.1, -0.05) is 18.2 Å². The topological polar surface area (TPSA) is 92.0 Å². The minimum atomic E-state index is -1.48. The Labute approximate surface area is 150 Å². The van der Waals surface area contributed by atoms with Gasteiger partial charge in [-0.25, -0.2) is 0 Å². The molecular weight excluding hydrogens is 340 g/mol. The summed E-state index contributed by atoms with van der Waals surface area (Å²) in [6.45, 7) is 1.28. The van der Waals surface area contributed by atoms with Gasteiger partial charge in [-0.2, -0.15) is 0 Å². The zero-order chi connectivity index (χ0) is 18.9. The molecule has 0 N–H and O–H groups in total. The number of esters is 1. The van der Waals surface area contributed by atoms with Gasteiger partial charge < -0.3 is 18.6 Å². The Bertz CT molecular complexity index is 770. The van der Waals surface area contributed by atoms with Gasteiger partial charge in [0.05, 0.1) is 6.26 Å². The quantitative estimate of drug-likeness (QED) is 0.252. The van der Waals surface area contributed by atoms with Crippen molar-refractivity contribution in [2.45, 2.75) is 25.2 Å². The maximum atomic E-state index is 13.3. The van der Waals surface area contributed by atoms with Crippen molar-refractivity contribution in [3.05, 3.63) is 48.5 Å². The number of furan rings is 1. The smallest absolute Gasteiger partial charge is 0.302 e. The van der Waals surface area contributed by atoms with E-state index in [-0.39, 0.29) is 5.76 Å². The van der Waals surface area contributed by atoms with Crippen LogP contribution in [0.4, 0.5) is 0 Å². The van der Waals surface area contributed by atoms with Gasteiger partial charge in [0.2, 0.25) is 17.4 Å². The molecule has 0 spiro atoms. The lowest BCUT2D eigenvalue weighted by Crippen LogP contribution is -2.65. The van der Waals surface area contributed by atoms with E-state index in [4.69, 9.17) is 18.6 Å². The minimum absolute atomic E-state index is 0.146. The summed E-state index contributed by atoms with van der Waals surface area (Å²) in [6.07, 6.45) is 7.12. The minimum Gasteiger partial charge on any atom is -0.461 e. The third-order valence-electron chi connectivity index (χ3n) is 4.99. The van der Waals surface area contributed by atoms with E-state index in [0.29, 0.717) is 6.42 Å². The lowest BCUT2D eigenvalue weighted by molar-refractivity contribution is -0.250. The van der Waals surface area contributed by atoms with Crippen molar-refractivity contribution >= 4 is 17.5 Å². The Kier molecular flexibility index (Phi) is 4.68. The molecule has 7 heteroatoms. The Balaban J connectivity index is 2.03. The molecule has 26 heavy (non-hydrogen) atoms. The second kappa shape index (κ2) is 6.66. The van der Waals surface area contributed by atoms with Gasteiger partial charge in [0.1, 0.15) is 11.5 Å². The van der Waals surface area contributed by atoms with Crippen molar-refractivity contribution < 1.29 is 33.0 Å². The van der Waals surface area contributed by atoms with Crippen LogP contribution in [0.3, 0.4) is 0 Å². The molecule has 1 fully saturated rings. The summed E-state index contributed by atoms with van der Waals surface area (Å²) in [7, 11) is 2.78. The summed E-state index contributed by atoms with van der Waals surface area (Å²) in [4.78, 5) is 37.1. The molecule has 0 amide bonds. The van der Waals surface area contributed by atoms with E-state index in [1.165, 1.54) is 45.6 Å². The number of carbonyl (C=O) groups is 3. The molecule has 7 nitrogen and oxygen atoms in total. The summed E-state index contributed by atoms with van der Waals surface area (Å²) in [5.74, 6) is -3.06. The number of ketones is 2. The fraction of sp³-hybridized carbons (Fsp3) is 0.421. The molecule has 1 heterocycles. The van der Waals surface area contributed by atoms with Crippen LogP contribution in [0, 0.1) is 11.3 Å². The van der Waals surface area contributed by atoms with E-state index in [0.717, 1.165) is 0 Å². The number of rotatable bonds is 6. The highest BCUT2D eigenvalue weighted by Gasteiger charge is 2.65. The van der Waals surface area contributed by atoms with E-state index >= 15 is 0 Å². The van der Waals surface area contributed by atoms with Crippen molar-refractivity contribution in [1.29, 1.82) is 0 Å². The lowest BCUT2D eigenvalue weighted by Gasteiger charge is -2.52. The molecule has 138 valence electrons. The summed E-state index contributed by atoms with van der Waals surface area (Å²) in [6, 6.07) is 3.12. The average Bonchev–Trinajstić information content (AvgIpc) is 3.16. The van der Waals surface area contributed by atoms with Gasteiger partial charge in [0.25, 0.3) is 0 Å². The first kappa shape index (κ1) is 18.3. The van der Waals surface area contributed by atoms with Crippen LogP contribution in [0.2, 0.25) is 0 Å². The van der Waals surface area contributed by atoms with Crippen LogP contribution in [0.1, 0.15) is 23.9 Å². The molecule has 0 radical (unpaired) electrons. The molecular formula is C19H20O7. The van der Waals surface area contributed by atoms with Gasteiger partial charge in [0, 0.05) is 27.1 Å². The van der Waals surface area contributed by atoms with Gasteiger partial charge in [-0.05, 0) is 24.6 Å². The predicted octanol–water partition coefficient (Wildman–Crippen LogP) is 2.08. The monoisotopic (exact) mass is 360 g/mol. The van der Waals surface area contributed by atoms with Crippen LogP contribution in [-0.2, 0) is 23.8 Å². The molecule has 0 saturated heterocycles. The predicted molar refractivity (Wildman–Crippen MR) is 89.2 cm³/mol. The first-order chi connectivity index (χ1) is 12.4. The first-order valence-electron chi connectivity index (χ1n) is 8.18. The number of hydrogen-bond acceptors (Lipinski definition) is 7. The number of hydrogen-bond donors (Lipinski definition) is 0. The van der Waals surface area contributed by atoms with E-state index < -0.39 is 40.8 Å². The summed E-state index contributed by atoms with van der Waals surface area (Å²) in [5.41, 5.74) is -1.35. The van der Waals surface area contributed by atoms with Crippen molar-refractivity contribution in [2.75, 3.05) is 14.2 Å². The molecule has 1 aromatic rings. The molecule has 1 aromatic heterocycles. The Hall–Kier alpha value is -2.51. The van der Waals surface area contributed by atoms with E-state index in [9.17, 15) is 14.4 Å². The first-order valence-corrected chi connectivity index (χ1v) is 8.18. The van der Waals surface area contributed by atoms with Crippen LogP contribution in [0.5, 0.6) is 0 Å². The third kappa shape index (κ3) is 2.64. The maximum absolute atomic E-state index is 13.3. The fourth-order valence-electron chi connectivity index (χ4n) is 3.73. The number of ether oxygens (including phenoxy) is 3. The zero-order valence-corrected chi connectivity index (χ0v) is 14.8.